The third kappa shape index (κ3) is 2.16. The fourth-order valence-corrected chi connectivity index (χ4v) is 3.37. The zero-order chi connectivity index (χ0) is 17.5. The van der Waals surface area contributed by atoms with Gasteiger partial charge in [-0.05, 0) is 24.3 Å². The standard InChI is InChI=1S/C22H15N3O/c26-25-20(16-9-3-1-4-10-16)15-21-22(17-11-5-2-6-12-17)23-18-13-7-8-14-19(18)24(21)25/h1-15H. The molecule has 0 spiro atoms. The van der Waals surface area contributed by atoms with Crippen LogP contribution in [0.5, 0.6) is 0 Å². The molecular formula is C22H15N3O. The molecule has 0 fully saturated rings. The van der Waals surface area contributed by atoms with E-state index in [-0.39, 0.29) is 0 Å². The predicted molar refractivity (Wildman–Crippen MR) is 103 cm³/mol. The maximum absolute atomic E-state index is 13.2. The van der Waals surface area contributed by atoms with E-state index in [1.165, 1.54) is 0 Å². The second-order valence-corrected chi connectivity index (χ2v) is 6.18. The van der Waals surface area contributed by atoms with Crippen molar-refractivity contribution in [1.29, 1.82) is 0 Å². The van der Waals surface area contributed by atoms with Crippen LogP contribution in [0.3, 0.4) is 0 Å². The molecule has 0 bridgehead atoms. The Morgan fingerprint density at radius 1 is 0.692 bits per heavy atom. The molecule has 0 saturated carbocycles. The molecule has 2 aromatic heterocycles. The minimum Gasteiger partial charge on any atom is -0.595 e. The summed E-state index contributed by atoms with van der Waals surface area (Å²) in [6.45, 7) is 0. The molecule has 26 heavy (non-hydrogen) atoms. The van der Waals surface area contributed by atoms with Crippen LogP contribution in [-0.2, 0) is 0 Å². The van der Waals surface area contributed by atoms with Gasteiger partial charge in [0.15, 0.2) is 0 Å². The summed E-state index contributed by atoms with van der Waals surface area (Å²) in [5.41, 5.74) is 5.66. The second kappa shape index (κ2) is 5.70. The van der Waals surface area contributed by atoms with Gasteiger partial charge in [0.05, 0.1) is 11.1 Å². The summed E-state index contributed by atoms with van der Waals surface area (Å²) >= 11 is 0. The number of hydrogen-bond acceptors (Lipinski definition) is 2. The van der Waals surface area contributed by atoms with Crippen LogP contribution in [-0.4, -0.2) is 9.50 Å². The van der Waals surface area contributed by atoms with Gasteiger partial charge in [0.2, 0.25) is 0 Å². The quantitative estimate of drug-likeness (QED) is 0.353. The van der Waals surface area contributed by atoms with E-state index in [2.05, 4.69) is 0 Å². The number of fused-ring (bicyclic) bond motifs is 3. The van der Waals surface area contributed by atoms with Crippen LogP contribution in [0.25, 0.3) is 39.1 Å². The molecule has 0 aliphatic carbocycles. The Kier molecular flexibility index (Phi) is 3.22. The summed E-state index contributed by atoms with van der Waals surface area (Å²) in [5, 5.41) is 13.2. The molecule has 0 unspecified atom stereocenters. The van der Waals surface area contributed by atoms with Crippen molar-refractivity contribution in [1.82, 2.24) is 9.50 Å². The van der Waals surface area contributed by atoms with E-state index in [4.69, 9.17) is 4.98 Å². The number of hydrogen-bond donors (Lipinski definition) is 0. The Labute approximate surface area is 150 Å². The Bertz CT molecular complexity index is 1230. The highest BCUT2D eigenvalue weighted by atomic mass is 16.5. The van der Waals surface area contributed by atoms with Gasteiger partial charge in [0.1, 0.15) is 16.7 Å². The van der Waals surface area contributed by atoms with Gasteiger partial charge < -0.3 is 5.21 Å². The minimum atomic E-state index is 0.612. The highest BCUT2D eigenvalue weighted by molar-refractivity contribution is 5.88. The van der Waals surface area contributed by atoms with Crippen molar-refractivity contribution >= 4 is 16.6 Å². The van der Waals surface area contributed by atoms with E-state index in [1.807, 2.05) is 91.0 Å². The molecule has 0 N–H and O–H groups in total. The highest BCUT2D eigenvalue weighted by Crippen LogP contribution is 2.28. The van der Waals surface area contributed by atoms with Crippen molar-refractivity contribution in [2.45, 2.75) is 0 Å². The Morgan fingerprint density at radius 3 is 2.04 bits per heavy atom. The summed E-state index contributed by atoms with van der Waals surface area (Å²) in [4.78, 5) is 5.81. The third-order valence-corrected chi connectivity index (χ3v) is 4.59. The van der Waals surface area contributed by atoms with Crippen molar-refractivity contribution in [3.8, 4) is 22.5 Å². The SMILES string of the molecule is [O-][n+]1c(-c2ccccc2)cc2c(-c3ccccc3)nc3ccccc3n21. The smallest absolute Gasteiger partial charge is 0.252 e. The highest BCUT2D eigenvalue weighted by Gasteiger charge is 2.21. The third-order valence-electron chi connectivity index (χ3n) is 4.59. The average molecular weight is 337 g/mol. The van der Waals surface area contributed by atoms with Crippen LogP contribution < -0.4 is 4.85 Å². The molecule has 0 saturated heterocycles. The van der Waals surface area contributed by atoms with Crippen molar-refractivity contribution in [3.05, 3.63) is 96.2 Å². The topological polar surface area (TPSA) is 44.2 Å². The Morgan fingerprint density at radius 2 is 1.31 bits per heavy atom. The molecule has 0 radical (unpaired) electrons. The molecule has 2 heterocycles. The maximum Gasteiger partial charge on any atom is 0.252 e. The normalized spacial score (nSPS) is 11.2. The average Bonchev–Trinajstić information content (AvgIpc) is 3.06. The molecule has 4 nitrogen and oxygen atoms in total. The van der Waals surface area contributed by atoms with E-state index >= 15 is 0 Å². The van der Waals surface area contributed by atoms with E-state index < -0.39 is 0 Å². The summed E-state index contributed by atoms with van der Waals surface area (Å²) < 4.78 is 1.70. The minimum absolute atomic E-state index is 0.612. The van der Waals surface area contributed by atoms with Crippen molar-refractivity contribution < 1.29 is 4.85 Å². The summed E-state index contributed by atoms with van der Waals surface area (Å²) in [7, 11) is 0. The van der Waals surface area contributed by atoms with Crippen LogP contribution in [0, 0.1) is 5.21 Å². The van der Waals surface area contributed by atoms with Crippen LogP contribution in [0.4, 0.5) is 0 Å². The monoisotopic (exact) mass is 337 g/mol. The maximum atomic E-state index is 13.2. The lowest BCUT2D eigenvalue weighted by atomic mass is 10.1. The molecule has 5 rings (SSSR count). The van der Waals surface area contributed by atoms with E-state index in [0.29, 0.717) is 5.69 Å². The van der Waals surface area contributed by atoms with Gasteiger partial charge in [-0.25, -0.2) is 4.98 Å². The Hall–Kier alpha value is -3.66. The van der Waals surface area contributed by atoms with Gasteiger partial charge in [-0.3, -0.25) is 0 Å². The van der Waals surface area contributed by atoms with Gasteiger partial charge in [0, 0.05) is 11.6 Å². The largest absolute Gasteiger partial charge is 0.595 e. The van der Waals surface area contributed by atoms with Crippen LogP contribution >= 0.6 is 0 Å². The molecule has 0 atom stereocenters. The van der Waals surface area contributed by atoms with Crippen LogP contribution in [0.1, 0.15) is 0 Å². The first-order chi connectivity index (χ1) is 12.8. The number of rotatable bonds is 2. The number of para-hydroxylation sites is 2. The lowest BCUT2D eigenvalue weighted by Crippen LogP contribution is -2.35. The van der Waals surface area contributed by atoms with E-state index in [1.54, 1.807) is 4.52 Å². The fourth-order valence-electron chi connectivity index (χ4n) is 3.37. The number of benzene rings is 3. The van der Waals surface area contributed by atoms with E-state index in [0.717, 1.165) is 38.2 Å². The first-order valence-electron chi connectivity index (χ1n) is 8.48. The van der Waals surface area contributed by atoms with E-state index in [9.17, 15) is 5.21 Å². The van der Waals surface area contributed by atoms with Gasteiger partial charge in [0.25, 0.3) is 5.69 Å². The first kappa shape index (κ1) is 14.7. The van der Waals surface area contributed by atoms with Crippen LogP contribution in [0.2, 0.25) is 0 Å². The zero-order valence-corrected chi connectivity index (χ0v) is 13.9. The second-order valence-electron chi connectivity index (χ2n) is 6.18. The van der Waals surface area contributed by atoms with Crippen molar-refractivity contribution in [2.24, 2.45) is 0 Å². The van der Waals surface area contributed by atoms with Crippen molar-refractivity contribution in [2.75, 3.05) is 0 Å². The zero-order valence-electron chi connectivity index (χ0n) is 13.9. The lowest BCUT2D eigenvalue weighted by Gasteiger charge is -2.07. The summed E-state index contributed by atoms with van der Waals surface area (Å²) in [5.74, 6) is 0. The molecule has 5 aromatic rings. The summed E-state index contributed by atoms with van der Waals surface area (Å²) in [6, 6.07) is 29.3. The number of nitrogens with zero attached hydrogens (tertiary/aromatic N) is 3. The molecular weight excluding hydrogens is 322 g/mol. The molecule has 124 valence electrons. The fraction of sp³-hybridized carbons (Fsp3) is 0. The molecule has 3 aromatic carbocycles. The molecule has 0 aliphatic heterocycles. The van der Waals surface area contributed by atoms with Gasteiger partial charge in [-0.1, -0.05) is 65.5 Å². The van der Waals surface area contributed by atoms with Gasteiger partial charge in [-0.15, -0.1) is 4.52 Å². The van der Waals surface area contributed by atoms with Gasteiger partial charge in [-0.2, -0.15) is 0 Å². The predicted octanol–water partition coefficient (Wildman–Crippen LogP) is 4.45. The van der Waals surface area contributed by atoms with Gasteiger partial charge >= 0.3 is 0 Å². The lowest BCUT2D eigenvalue weighted by molar-refractivity contribution is -0.663. The summed E-state index contributed by atoms with van der Waals surface area (Å²) in [6.07, 6.45) is 0. The first-order valence-corrected chi connectivity index (χ1v) is 8.48. The number of aromatic nitrogens is 3. The van der Waals surface area contributed by atoms with Crippen molar-refractivity contribution in [3.63, 3.8) is 0 Å². The molecule has 4 heteroatoms. The Balaban J connectivity index is 1.93. The van der Waals surface area contributed by atoms with Crippen LogP contribution in [0.15, 0.2) is 91.0 Å². The molecule has 0 amide bonds. The molecule has 0 aliphatic rings.